The first-order valence-corrected chi connectivity index (χ1v) is 16.8. The molecule has 2 amide bonds. The summed E-state index contributed by atoms with van der Waals surface area (Å²) in [5, 5.41) is 19.5. The highest BCUT2D eigenvalue weighted by Crippen LogP contribution is 2.57. The summed E-state index contributed by atoms with van der Waals surface area (Å²) in [6.07, 6.45) is 3.28. The van der Waals surface area contributed by atoms with Crippen LogP contribution in [0.25, 0.3) is 0 Å². The van der Waals surface area contributed by atoms with Gasteiger partial charge in [-0.1, -0.05) is 56.1 Å². The van der Waals surface area contributed by atoms with E-state index in [-0.39, 0.29) is 34.4 Å². The Morgan fingerprint density at radius 2 is 1.93 bits per heavy atom. The van der Waals surface area contributed by atoms with Gasteiger partial charge in [0.1, 0.15) is 11.2 Å². The molecule has 5 rings (SSSR count). The van der Waals surface area contributed by atoms with Gasteiger partial charge in [-0.25, -0.2) is 4.39 Å². The third-order valence-corrected chi connectivity index (χ3v) is 11.0. The molecule has 4 atom stereocenters. The Kier molecular flexibility index (Phi) is 10.0. The number of carbonyl (C=O) groups excluding carboxylic acids is 2. The molecule has 0 aromatic heterocycles. The number of amides is 2. The molecule has 11 heteroatoms. The number of nitrogens with one attached hydrogen (secondary N) is 3. The number of aliphatic hydroxyl groups excluding tert-OH is 1. The highest BCUT2D eigenvalue weighted by molar-refractivity contribution is 14.1. The lowest BCUT2D eigenvalue weighted by Gasteiger charge is -2.38. The van der Waals surface area contributed by atoms with Crippen LogP contribution >= 0.6 is 45.8 Å². The predicted molar refractivity (Wildman–Crippen MR) is 177 cm³/mol. The Hall–Kier alpha value is -1.50. The molecule has 2 aromatic rings. The molecule has 0 saturated carbocycles. The molecule has 1 spiro atoms. The second-order valence-corrected chi connectivity index (χ2v) is 15.3. The normalized spacial score (nSPS) is 26.1. The van der Waals surface area contributed by atoms with E-state index in [1.54, 1.807) is 18.2 Å². The highest BCUT2D eigenvalue weighted by Gasteiger charge is 2.66. The van der Waals surface area contributed by atoms with Crippen LogP contribution < -0.4 is 16.0 Å². The van der Waals surface area contributed by atoms with E-state index >= 15 is 4.39 Å². The highest BCUT2D eigenvalue weighted by atomic mass is 127. The first-order chi connectivity index (χ1) is 20.4. The van der Waals surface area contributed by atoms with Gasteiger partial charge < -0.3 is 26.0 Å². The molecular formula is C32H40Cl2FIN4O3. The molecule has 3 aliphatic heterocycles. The van der Waals surface area contributed by atoms with Gasteiger partial charge in [0.2, 0.25) is 11.8 Å². The minimum Gasteiger partial charge on any atom is -0.396 e. The van der Waals surface area contributed by atoms with Crippen LogP contribution in [-0.2, 0) is 15.0 Å². The van der Waals surface area contributed by atoms with E-state index in [1.807, 2.05) is 6.07 Å². The molecule has 3 aliphatic rings. The first-order valence-electron chi connectivity index (χ1n) is 15.0. The lowest BCUT2D eigenvalue weighted by atomic mass is 9.62. The van der Waals surface area contributed by atoms with Crippen molar-refractivity contribution in [2.24, 2.45) is 11.3 Å². The van der Waals surface area contributed by atoms with Gasteiger partial charge in [-0.2, -0.15) is 0 Å². The fraction of sp³-hybridized carbons (Fsp3) is 0.562. The average molecular weight is 746 g/mol. The maximum Gasteiger partial charge on any atom is 0.237 e. The van der Waals surface area contributed by atoms with Gasteiger partial charge in [0, 0.05) is 34.4 Å². The lowest BCUT2D eigenvalue weighted by Crippen LogP contribution is -2.49. The van der Waals surface area contributed by atoms with Crippen molar-refractivity contribution in [3.05, 3.63) is 60.9 Å². The van der Waals surface area contributed by atoms with E-state index in [4.69, 9.17) is 23.2 Å². The Bertz CT molecular complexity index is 1380. The van der Waals surface area contributed by atoms with Gasteiger partial charge in [-0.3, -0.25) is 9.59 Å². The van der Waals surface area contributed by atoms with Gasteiger partial charge in [-0.05, 0) is 109 Å². The molecule has 2 fully saturated rings. The summed E-state index contributed by atoms with van der Waals surface area (Å²) in [7, 11) is 0. The Balaban J connectivity index is 1.50. The molecule has 0 bridgehead atoms. The summed E-state index contributed by atoms with van der Waals surface area (Å²) >= 11 is 14.9. The number of anilines is 1. The second kappa shape index (κ2) is 13.1. The summed E-state index contributed by atoms with van der Waals surface area (Å²) < 4.78 is 16.7. The molecule has 7 nitrogen and oxygen atoms in total. The monoisotopic (exact) mass is 744 g/mol. The Morgan fingerprint density at radius 1 is 1.21 bits per heavy atom. The molecule has 0 unspecified atom stereocenters. The van der Waals surface area contributed by atoms with Gasteiger partial charge >= 0.3 is 0 Å². The Morgan fingerprint density at radius 3 is 2.60 bits per heavy atom. The molecule has 0 aliphatic carbocycles. The van der Waals surface area contributed by atoms with Crippen molar-refractivity contribution in [2.75, 3.05) is 38.1 Å². The number of benzene rings is 2. The fourth-order valence-electron chi connectivity index (χ4n) is 7.18. The largest absolute Gasteiger partial charge is 0.396 e. The topological polar surface area (TPSA) is 93.7 Å². The van der Waals surface area contributed by atoms with Crippen molar-refractivity contribution < 1.29 is 19.1 Å². The number of rotatable bonds is 8. The molecule has 2 saturated heterocycles. The van der Waals surface area contributed by atoms with Crippen LogP contribution in [0.1, 0.15) is 63.5 Å². The number of fused-ring (bicyclic) bond motifs is 2. The number of carbonyl (C=O) groups is 2. The summed E-state index contributed by atoms with van der Waals surface area (Å²) in [4.78, 5) is 30.7. The number of piperidine rings is 1. The number of aliphatic hydroxyl groups is 1. The zero-order valence-corrected chi connectivity index (χ0v) is 28.5. The summed E-state index contributed by atoms with van der Waals surface area (Å²) in [5.74, 6) is -1.67. The van der Waals surface area contributed by atoms with E-state index in [1.165, 1.54) is 6.07 Å². The standard InChI is InChI=1S/C32H40Cl2FIN4O3/c1-31(2,3)16-25-32(20-14-23(36)22(34)15-24(20)38-30(32)43)26(19-6-4-7-21(33)27(19)35)28(39-25)29(42)37-10-5-11-40-12-8-18(17-41)9-13-40/h4,6-7,14-15,18,25-26,28,39,41H,5,8-13,16-17H2,1-3H3,(H,37,42)(H,38,43)/t25-,26+,28-,32+/m1/s1. The molecule has 3 heterocycles. The number of nitrogens with zero attached hydrogens (tertiary/aromatic N) is 1. The smallest absolute Gasteiger partial charge is 0.237 e. The van der Waals surface area contributed by atoms with Crippen molar-refractivity contribution in [2.45, 2.75) is 69.9 Å². The average Bonchev–Trinajstić information content (AvgIpc) is 3.42. The van der Waals surface area contributed by atoms with E-state index in [0.29, 0.717) is 35.2 Å². The van der Waals surface area contributed by atoms with E-state index in [2.05, 4.69) is 64.2 Å². The van der Waals surface area contributed by atoms with Crippen molar-refractivity contribution in [3.63, 3.8) is 0 Å². The molecule has 43 heavy (non-hydrogen) atoms. The number of hydrogen-bond donors (Lipinski definition) is 4. The molecule has 234 valence electrons. The first kappa shape index (κ1) is 32.9. The van der Waals surface area contributed by atoms with E-state index < -0.39 is 29.2 Å². The number of halogens is 4. The van der Waals surface area contributed by atoms with Crippen LogP contribution in [0.15, 0.2) is 30.3 Å². The summed E-state index contributed by atoms with van der Waals surface area (Å²) in [6.45, 7) is 9.68. The van der Waals surface area contributed by atoms with Gasteiger partial charge in [0.15, 0.2) is 0 Å². The van der Waals surface area contributed by atoms with Crippen molar-refractivity contribution >= 4 is 63.3 Å². The molecule has 2 aromatic carbocycles. The number of hydrogen-bond acceptors (Lipinski definition) is 5. The van der Waals surface area contributed by atoms with Gasteiger partial charge in [0.05, 0.1) is 16.1 Å². The maximum absolute atomic E-state index is 15.9. The van der Waals surface area contributed by atoms with Crippen LogP contribution in [-0.4, -0.2) is 66.7 Å². The van der Waals surface area contributed by atoms with Crippen molar-refractivity contribution in [3.8, 4) is 0 Å². The van der Waals surface area contributed by atoms with E-state index in [9.17, 15) is 14.7 Å². The summed E-state index contributed by atoms with van der Waals surface area (Å²) in [6, 6.07) is 7.05. The molecule has 4 N–H and O–H groups in total. The third-order valence-electron chi connectivity index (χ3n) is 9.22. The minimum atomic E-state index is -1.28. The van der Waals surface area contributed by atoms with Crippen LogP contribution in [0.2, 0.25) is 10.0 Å². The third kappa shape index (κ3) is 6.45. The molecular weight excluding hydrogens is 705 g/mol. The summed E-state index contributed by atoms with van der Waals surface area (Å²) in [5.41, 5.74) is 0.0296. The van der Waals surface area contributed by atoms with Crippen LogP contribution in [0.3, 0.4) is 0 Å². The predicted octanol–water partition coefficient (Wildman–Crippen LogP) is 5.70. The zero-order chi connectivity index (χ0) is 31.1. The zero-order valence-electron chi connectivity index (χ0n) is 24.8. The minimum absolute atomic E-state index is 0.0552. The Labute approximate surface area is 276 Å². The lowest BCUT2D eigenvalue weighted by molar-refractivity contribution is -0.123. The quantitative estimate of drug-likeness (QED) is 0.206. The van der Waals surface area contributed by atoms with Crippen LogP contribution in [0.5, 0.6) is 0 Å². The van der Waals surface area contributed by atoms with E-state index in [0.717, 1.165) is 42.5 Å². The number of likely N-dealkylation sites (tertiary alicyclic amines) is 1. The maximum atomic E-state index is 15.9. The SMILES string of the molecule is CC(C)(C)C[C@H]1N[C@@H](C(=O)NCCCN2CCC(CO)CC2)[C@H](c2cccc(Cl)c2F)[C@@]12C(=O)Nc1cc(Cl)c(I)cc12. The van der Waals surface area contributed by atoms with Crippen LogP contribution in [0, 0.1) is 20.7 Å². The molecule has 0 radical (unpaired) electrons. The fourth-order valence-corrected chi connectivity index (χ4v) is 7.99. The second-order valence-electron chi connectivity index (χ2n) is 13.3. The van der Waals surface area contributed by atoms with Crippen molar-refractivity contribution in [1.82, 2.24) is 15.5 Å². The van der Waals surface area contributed by atoms with Gasteiger partial charge in [-0.15, -0.1) is 0 Å². The van der Waals surface area contributed by atoms with Crippen LogP contribution in [0.4, 0.5) is 10.1 Å². The van der Waals surface area contributed by atoms with Crippen molar-refractivity contribution in [1.29, 1.82) is 0 Å². The van der Waals surface area contributed by atoms with Gasteiger partial charge in [0.25, 0.3) is 0 Å².